The molecule has 1 unspecified atom stereocenters. The van der Waals surface area contributed by atoms with Gasteiger partial charge in [0.1, 0.15) is 0 Å². The minimum Gasteiger partial charge on any atom is -0.462 e. The summed E-state index contributed by atoms with van der Waals surface area (Å²) < 4.78 is 20.2. The van der Waals surface area contributed by atoms with Crippen LogP contribution in [0.1, 0.15) is 27.6 Å². The predicted octanol–water partition coefficient (Wildman–Crippen LogP) is 4.53. The summed E-state index contributed by atoms with van der Waals surface area (Å²) in [4.78, 5) is 34.6. The van der Waals surface area contributed by atoms with Crippen molar-refractivity contribution in [1.82, 2.24) is 9.88 Å². The molecule has 3 aromatic carbocycles. The van der Waals surface area contributed by atoms with Crippen LogP contribution >= 0.6 is 0 Å². The van der Waals surface area contributed by atoms with E-state index in [0.29, 0.717) is 54.3 Å². The van der Waals surface area contributed by atoms with Gasteiger partial charge in [0.25, 0.3) is 5.91 Å². The molecule has 8 nitrogen and oxygen atoms in total. The lowest BCUT2D eigenvalue weighted by Crippen LogP contribution is -2.49. The molecule has 1 saturated heterocycles. The standard InChI is InChI=1S/C30H30N4O4S/c1-3-38-30(36)25-10-4-5-11-26(25)33-18-20-34(21-19-33)29(35)23-13-15-24(16-14-23)32(2)39(37)27-12-6-8-22-9-7-17-31-28(22)27/h4-17H,3,18-21H2,1-2H3. The first kappa shape index (κ1) is 26.4. The van der Waals surface area contributed by atoms with Crippen LogP contribution in [0.4, 0.5) is 11.4 Å². The highest BCUT2D eigenvalue weighted by atomic mass is 32.2. The van der Waals surface area contributed by atoms with Crippen LogP contribution in [0.2, 0.25) is 0 Å². The summed E-state index contributed by atoms with van der Waals surface area (Å²) in [5, 5.41) is 0.933. The number of carbonyl (C=O) groups is 2. The van der Waals surface area contributed by atoms with Crippen LogP contribution in [-0.4, -0.2) is 65.8 Å². The molecule has 0 saturated carbocycles. The van der Waals surface area contributed by atoms with E-state index in [2.05, 4.69) is 9.88 Å². The minimum absolute atomic E-state index is 0.0538. The number of carbonyl (C=O) groups excluding carboxylic acids is 2. The fourth-order valence-corrected chi connectivity index (χ4v) is 5.88. The van der Waals surface area contributed by atoms with Gasteiger partial charge in [-0.15, -0.1) is 0 Å². The van der Waals surface area contributed by atoms with Crippen molar-refractivity contribution in [3.63, 3.8) is 0 Å². The lowest BCUT2D eigenvalue weighted by Gasteiger charge is -2.36. The summed E-state index contributed by atoms with van der Waals surface area (Å²) >= 11 is 0. The molecule has 1 fully saturated rings. The van der Waals surface area contributed by atoms with Gasteiger partial charge in [-0.1, -0.05) is 30.3 Å². The molecule has 200 valence electrons. The van der Waals surface area contributed by atoms with E-state index in [1.165, 1.54) is 0 Å². The number of pyridine rings is 1. The van der Waals surface area contributed by atoms with E-state index in [4.69, 9.17) is 4.74 Å². The maximum Gasteiger partial charge on any atom is 0.340 e. The molecule has 0 aliphatic carbocycles. The van der Waals surface area contributed by atoms with Crippen LogP contribution in [0.15, 0.2) is 90.0 Å². The minimum atomic E-state index is -1.47. The normalized spacial score (nSPS) is 14.2. The van der Waals surface area contributed by atoms with Crippen LogP contribution in [0.5, 0.6) is 0 Å². The Hall–Kier alpha value is -4.24. The molecule has 1 amide bonds. The van der Waals surface area contributed by atoms with Crippen LogP contribution in [0.3, 0.4) is 0 Å². The number of para-hydroxylation sites is 2. The largest absolute Gasteiger partial charge is 0.462 e. The molecule has 0 N–H and O–H groups in total. The SMILES string of the molecule is CCOC(=O)c1ccccc1N1CCN(C(=O)c2ccc(N(C)S(=O)c3cccc4cccnc34)cc2)CC1. The quantitative estimate of drug-likeness (QED) is 0.319. The van der Waals surface area contributed by atoms with E-state index in [-0.39, 0.29) is 11.9 Å². The molecule has 1 aliphatic rings. The molecule has 0 bridgehead atoms. The van der Waals surface area contributed by atoms with Crippen LogP contribution in [0.25, 0.3) is 10.9 Å². The molecular formula is C30H30N4O4S. The summed E-state index contributed by atoms with van der Waals surface area (Å²) in [6, 6.07) is 24.0. The number of amides is 1. The number of fused-ring (bicyclic) bond motifs is 1. The average molecular weight is 543 g/mol. The third kappa shape index (κ3) is 5.49. The Morgan fingerprint density at radius 3 is 2.38 bits per heavy atom. The van der Waals surface area contributed by atoms with E-state index < -0.39 is 11.0 Å². The number of rotatable bonds is 7. The molecule has 39 heavy (non-hydrogen) atoms. The average Bonchev–Trinajstić information content (AvgIpc) is 3.00. The fraction of sp³-hybridized carbons (Fsp3) is 0.233. The third-order valence-corrected chi connectivity index (χ3v) is 8.23. The lowest BCUT2D eigenvalue weighted by molar-refractivity contribution is 0.0526. The zero-order chi connectivity index (χ0) is 27.4. The lowest BCUT2D eigenvalue weighted by atomic mass is 10.1. The molecule has 1 aromatic heterocycles. The molecule has 5 rings (SSSR count). The number of benzene rings is 3. The molecule has 0 spiro atoms. The van der Waals surface area contributed by atoms with E-state index >= 15 is 0 Å². The van der Waals surface area contributed by atoms with E-state index in [9.17, 15) is 13.8 Å². The maximum absolute atomic E-state index is 13.4. The Morgan fingerprint density at radius 1 is 0.923 bits per heavy atom. The highest BCUT2D eigenvalue weighted by Gasteiger charge is 2.25. The van der Waals surface area contributed by atoms with Crippen molar-refractivity contribution < 1.29 is 18.5 Å². The van der Waals surface area contributed by atoms with Crippen LogP contribution in [0, 0.1) is 0 Å². The number of ether oxygens (including phenoxy) is 1. The van der Waals surface area contributed by atoms with Gasteiger partial charge in [0.2, 0.25) is 0 Å². The van der Waals surface area contributed by atoms with Crippen molar-refractivity contribution in [3.05, 3.63) is 96.2 Å². The van der Waals surface area contributed by atoms with Crippen molar-refractivity contribution in [2.45, 2.75) is 11.8 Å². The highest BCUT2D eigenvalue weighted by Crippen LogP contribution is 2.26. The van der Waals surface area contributed by atoms with Crippen molar-refractivity contribution in [1.29, 1.82) is 0 Å². The second-order valence-electron chi connectivity index (χ2n) is 9.14. The summed E-state index contributed by atoms with van der Waals surface area (Å²) in [6.07, 6.45) is 1.70. The molecule has 1 atom stereocenters. The maximum atomic E-state index is 13.4. The Labute approximate surface area is 230 Å². The fourth-order valence-electron chi connectivity index (χ4n) is 4.74. The first-order chi connectivity index (χ1) is 19.0. The second kappa shape index (κ2) is 11.7. The molecule has 1 aliphatic heterocycles. The van der Waals surface area contributed by atoms with Gasteiger partial charge < -0.3 is 14.5 Å². The molecule has 2 heterocycles. The summed E-state index contributed by atoms with van der Waals surface area (Å²) in [7, 11) is 0.298. The first-order valence-corrected chi connectivity index (χ1v) is 14.0. The Bertz CT molecular complexity index is 1510. The predicted molar refractivity (Wildman–Crippen MR) is 154 cm³/mol. The summed E-state index contributed by atoms with van der Waals surface area (Å²) in [5.74, 6) is -0.392. The van der Waals surface area contributed by atoms with Gasteiger partial charge in [-0.25, -0.2) is 9.00 Å². The third-order valence-electron chi connectivity index (χ3n) is 6.82. The molecule has 0 radical (unpaired) electrons. The zero-order valence-electron chi connectivity index (χ0n) is 21.9. The topological polar surface area (TPSA) is 83.0 Å². The number of piperazine rings is 1. The molecule has 9 heteroatoms. The van der Waals surface area contributed by atoms with Gasteiger partial charge >= 0.3 is 5.97 Å². The Morgan fingerprint density at radius 2 is 1.64 bits per heavy atom. The number of hydrogen-bond donors (Lipinski definition) is 0. The smallest absolute Gasteiger partial charge is 0.340 e. The number of aromatic nitrogens is 1. The number of anilines is 2. The van der Waals surface area contributed by atoms with Crippen LogP contribution < -0.4 is 9.21 Å². The van der Waals surface area contributed by atoms with E-state index in [0.717, 1.165) is 16.8 Å². The van der Waals surface area contributed by atoms with Crippen molar-refractivity contribution >= 4 is 45.1 Å². The molecule has 4 aromatic rings. The zero-order valence-corrected chi connectivity index (χ0v) is 22.8. The van der Waals surface area contributed by atoms with Gasteiger partial charge in [0.05, 0.1) is 28.3 Å². The highest BCUT2D eigenvalue weighted by molar-refractivity contribution is 7.86. The van der Waals surface area contributed by atoms with Crippen molar-refractivity contribution in [2.24, 2.45) is 0 Å². The van der Waals surface area contributed by atoms with E-state index in [1.807, 2.05) is 65.6 Å². The Kier molecular flexibility index (Phi) is 7.88. The second-order valence-corrected chi connectivity index (χ2v) is 10.6. The van der Waals surface area contributed by atoms with Crippen molar-refractivity contribution in [2.75, 3.05) is 49.0 Å². The van der Waals surface area contributed by atoms with Gasteiger partial charge in [-0.3, -0.25) is 14.1 Å². The number of esters is 1. The van der Waals surface area contributed by atoms with Crippen LogP contribution in [-0.2, 0) is 15.7 Å². The molecular weight excluding hydrogens is 512 g/mol. The summed E-state index contributed by atoms with van der Waals surface area (Å²) in [5.41, 5.74) is 3.38. The summed E-state index contributed by atoms with van der Waals surface area (Å²) in [6.45, 7) is 4.41. The monoisotopic (exact) mass is 542 g/mol. The van der Waals surface area contributed by atoms with Crippen molar-refractivity contribution in [3.8, 4) is 0 Å². The van der Waals surface area contributed by atoms with Gasteiger partial charge in [0, 0.05) is 56.1 Å². The van der Waals surface area contributed by atoms with Gasteiger partial charge in [-0.2, -0.15) is 0 Å². The van der Waals surface area contributed by atoms with E-state index in [1.54, 1.807) is 42.7 Å². The van der Waals surface area contributed by atoms with Gasteiger partial charge in [-0.05, 0) is 55.5 Å². The first-order valence-electron chi connectivity index (χ1n) is 12.9. The Balaban J connectivity index is 1.24. The van der Waals surface area contributed by atoms with Gasteiger partial charge in [0.15, 0.2) is 11.0 Å². The number of hydrogen-bond acceptors (Lipinski definition) is 6. The number of nitrogens with zero attached hydrogens (tertiary/aromatic N) is 4.